The molecular formula is C17H26N2O3. The van der Waals surface area contributed by atoms with Gasteiger partial charge in [0.25, 0.3) is 5.91 Å². The highest BCUT2D eigenvalue weighted by molar-refractivity contribution is 5.96. The van der Waals surface area contributed by atoms with Crippen LogP contribution in [0.2, 0.25) is 0 Å². The Bertz CT molecular complexity index is 471. The fourth-order valence-electron chi connectivity index (χ4n) is 2.44. The predicted molar refractivity (Wildman–Crippen MR) is 86.4 cm³/mol. The quantitative estimate of drug-likeness (QED) is 0.782. The van der Waals surface area contributed by atoms with Crippen LogP contribution >= 0.6 is 0 Å². The van der Waals surface area contributed by atoms with Crippen molar-refractivity contribution < 1.29 is 14.3 Å². The minimum Gasteiger partial charge on any atom is -0.490 e. The summed E-state index contributed by atoms with van der Waals surface area (Å²) in [5.41, 5.74) is 0.600. The van der Waals surface area contributed by atoms with E-state index >= 15 is 0 Å². The second-order valence-corrected chi connectivity index (χ2v) is 5.73. The Balaban J connectivity index is 1.77. The normalized spacial score (nSPS) is 15.8. The summed E-state index contributed by atoms with van der Waals surface area (Å²) >= 11 is 0. The molecule has 0 aromatic heterocycles. The van der Waals surface area contributed by atoms with Crippen molar-refractivity contribution in [2.24, 2.45) is 0 Å². The first-order valence-electron chi connectivity index (χ1n) is 8.01. The summed E-state index contributed by atoms with van der Waals surface area (Å²) < 4.78 is 11.0. The number of benzene rings is 1. The summed E-state index contributed by atoms with van der Waals surface area (Å²) in [5, 5.41) is 2.98. The van der Waals surface area contributed by atoms with E-state index in [1.807, 2.05) is 32.0 Å². The van der Waals surface area contributed by atoms with E-state index in [-0.39, 0.29) is 12.0 Å². The van der Waals surface area contributed by atoms with E-state index < -0.39 is 0 Å². The zero-order chi connectivity index (χ0) is 15.8. The standard InChI is InChI=1S/C17H26N2O3/c1-14(2)22-16-7-4-3-6-15(16)17(20)18-8-5-9-19-10-12-21-13-11-19/h3-4,6-7,14H,5,8-13H2,1-2H3,(H,18,20). The van der Waals surface area contributed by atoms with Crippen molar-refractivity contribution in [2.45, 2.75) is 26.4 Å². The van der Waals surface area contributed by atoms with Crippen LogP contribution in [0, 0.1) is 0 Å². The van der Waals surface area contributed by atoms with Gasteiger partial charge in [0.2, 0.25) is 0 Å². The Kier molecular flexibility index (Phi) is 6.68. The van der Waals surface area contributed by atoms with Crippen molar-refractivity contribution in [3.05, 3.63) is 29.8 Å². The molecule has 1 heterocycles. The lowest BCUT2D eigenvalue weighted by Crippen LogP contribution is -2.38. The number of rotatable bonds is 7. The summed E-state index contributed by atoms with van der Waals surface area (Å²) in [6, 6.07) is 7.38. The van der Waals surface area contributed by atoms with Gasteiger partial charge in [0.05, 0.1) is 24.9 Å². The van der Waals surface area contributed by atoms with Gasteiger partial charge in [-0.25, -0.2) is 0 Å². The maximum absolute atomic E-state index is 12.3. The van der Waals surface area contributed by atoms with Gasteiger partial charge in [-0.2, -0.15) is 0 Å². The third kappa shape index (κ3) is 5.31. The number of ether oxygens (including phenoxy) is 2. The number of morpholine rings is 1. The molecule has 1 aliphatic heterocycles. The van der Waals surface area contributed by atoms with E-state index in [9.17, 15) is 4.79 Å². The van der Waals surface area contributed by atoms with Gasteiger partial charge in [-0.15, -0.1) is 0 Å². The van der Waals surface area contributed by atoms with E-state index in [0.29, 0.717) is 17.9 Å². The molecule has 22 heavy (non-hydrogen) atoms. The predicted octanol–water partition coefficient (Wildman–Crippen LogP) is 1.93. The monoisotopic (exact) mass is 306 g/mol. The van der Waals surface area contributed by atoms with Crippen LogP contribution in [0.15, 0.2) is 24.3 Å². The van der Waals surface area contributed by atoms with Gasteiger partial charge in [-0.3, -0.25) is 9.69 Å². The lowest BCUT2D eigenvalue weighted by molar-refractivity contribution is 0.0374. The van der Waals surface area contributed by atoms with E-state index in [0.717, 1.165) is 39.3 Å². The molecule has 1 N–H and O–H groups in total. The zero-order valence-corrected chi connectivity index (χ0v) is 13.5. The smallest absolute Gasteiger partial charge is 0.255 e. The highest BCUT2D eigenvalue weighted by atomic mass is 16.5. The van der Waals surface area contributed by atoms with Gasteiger partial charge in [0.15, 0.2) is 0 Å². The van der Waals surface area contributed by atoms with E-state index in [1.165, 1.54) is 0 Å². The number of hydrogen-bond acceptors (Lipinski definition) is 4. The molecule has 1 amide bonds. The van der Waals surface area contributed by atoms with Crippen LogP contribution < -0.4 is 10.1 Å². The van der Waals surface area contributed by atoms with Crippen LogP contribution in [0.4, 0.5) is 0 Å². The van der Waals surface area contributed by atoms with Crippen molar-refractivity contribution in [1.82, 2.24) is 10.2 Å². The Labute approximate surface area is 132 Å². The van der Waals surface area contributed by atoms with Crippen LogP contribution in [-0.2, 0) is 4.74 Å². The summed E-state index contributed by atoms with van der Waals surface area (Å²) in [6.07, 6.45) is 0.995. The van der Waals surface area contributed by atoms with Crippen LogP contribution in [0.5, 0.6) is 5.75 Å². The fourth-order valence-corrected chi connectivity index (χ4v) is 2.44. The number of para-hydroxylation sites is 1. The van der Waals surface area contributed by atoms with Crippen molar-refractivity contribution in [2.75, 3.05) is 39.4 Å². The molecule has 2 rings (SSSR count). The molecule has 0 spiro atoms. The fraction of sp³-hybridized carbons (Fsp3) is 0.588. The van der Waals surface area contributed by atoms with Crippen molar-refractivity contribution in [1.29, 1.82) is 0 Å². The maximum Gasteiger partial charge on any atom is 0.255 e. The lowest BCUT2D eigenvalue weighted by atomic mass is 10.2. The van der Waals surface area contributed by atoms with Crippen molar-refractivity contribution in [3.63, 3.8) is 0 Å². The average molecular weight is 306 g/mol. The molecule has 0 aliphatic carbocycles. The minimum atomic E-state index is -0.0711. The SMILES string of the molecule is CC(C)Oc1ccccc1C(=O)NCCCN1CCOCC1. The van der Waals surface area contributed by atoms with Crippen LogP contribution in [0.3, 0.4) is 0 Å². The number of carbonyl (C=O) groups excluding carboxylic acids is 1. The molecule has 1 fully saturated rings. The second kappa shape index (κ2) is 8.76. The molecule has 1 saturated heterocycles. The van der Waals surface area contributed by atoms with Gasteiger partial charge in [0, 0.05) is 19.6 Å². The van der Waals surface area contributed by atoms with Gasteiger partial charge in [-0.1, -0.05) is 12.1 Å². The molecule has 1 aromatic carbocycles. The number of carbonyl (C=O) groups is 1. The minimum absolute atomic E-state index is 0.0512. The Morgan fingerprint density at radius 2 is 2.05 bits per heavy atom. The highest BCUT2D eigenvalue weighted by Crippen LogP contribution is 2.19. The van der Waals surface area contributed by atoms with E-state index in [4.69, 9.17) is 9.47 Å². The summed E-state index contributed by atoms with van der Waals surface area (Å²) in [7, 11) is 0. The molecule has 0 atom stereocenters. The van der Waals surface area contributed by atoms with Gasteiger partial charge in [-0.05, 0) is 38.9 Å². The first-order valence-corrected chi connectivity index (χ1v) is 8.01. The van der Waals surface area contributed by atoms with E-state index in [2.05, 4.69) is 10.2 Å². The molecule has 5 heteroatoms. The lowest BCUT2D eigenvalue weighted by Gasteiger charge is -2.26. The molecule has 0 saturated carbocycles. The number of nitrogens with zero attached hydrogens (tertiary/aromatic N) is 1. The largest absolute Gasteiger partial charge is 0.490 e. The van der Waals surface area contributed by atoms with Crippen LogP contribution in [0.1, 0.15) is 30.6 Å². The third-order valence-corrected chi connectivity index (χ3v) is 3.53. The number of amides is 1. The Morgan fingerprint density at radius 1 is 1.32 bits per heavy atom. The average Bonchev–Trinajstić information content (AvgIpc) is 2.52. The number of hydrogen-bond donors (Lipinski definition) is 1. The van der Waals surface area contributed by atoms with Gasteiger partial charge < -0.3 is 14.8 Å². The summed E-state index contributed by atoms with van der Waals surface area (Å²) in [4.78, 5) is 14.6. The summed E-state index contributed by atoms with van der Waals surface area (Å²) in [6.45, 7) is 9.17. The molecule has 1 aliphatic rings. The van der Waals surface area contributed by atoms with Crippen molar-refractivity contribution in [3.8, 4) is 5.75 Å². The van der Waals surface area contributed by atoms with Crippen molar-refractivity contribution >= 4 is 5.91 Å². The Morgan fingerprint density at radius 3 is 2.77 bits per heavy atom. The molecule has 0 bridgehead atoms. The third-order valence-electron chi connectivity index (χ3n) is 3.53. The van der Waals surface area contributed by atoms with E-state index in [1.54, 1.807) is 6.07 Å². The van der Waals surface area contributed by atoms with Gasteiger partial charge in [0.1, 0.15) is 5.75 Å². The molecule has 0 unspecified atom stereocenters. The first kappa shape index (κ1) is 16.8. The zero-order valence-electron chi connectivity index (χ0n) is 13.5. The maximum atomic E-state index is 12.3. The van der Waals surface area contributed by atoms with Crippen LogP contribution in [0.25, 0.3) is 0 Å². The highest BCUT2D eigenvalue weighted by Gasteiger charge is 2.13. The molecular weight excluding hydrogens is 280 g/mol. The molecule has 0 radical (unpaired) electrons. The molecule has 122 valence electrons. The molecule has 1 aromatic rings. The van der Waals surface area contributed by atoms with Gasteiger partial charge >= 0.3 is 0 Å². The van der Waals surface area contributed by atoms with Crippen LogP contribution in [-0.4, -0.2) is 56.3 Å². The first-order chi connectivity index (χ1) is 10.7. The second-order valence-electron chi connectivity index (χ2n) is 5.73. The number of nitrogens with one attached hydrogen (secondary N) is 1. The summed E-state index contributed by atoms with van der Waals surface area (Å²) in [5.74, 6) is 0.571. The topological polar surface area (TPSA) is 50.8 Å². The Hall–Kier alpha value is -1.59. The molecule has 5 nitrogen and oxygen atoms in total.